The zero-order valence-corrected chi connectivity index (χ0v) is 7.90. The van der Waals surface area contributed by atoms with Gasteiger partial charge in [0.15, 0.2) is 0 Å². The summed E-state index contributed by atoms with van der Waals surface area (Å²) in [6, 6.07) is 0.457. The van der Waals surface area contributed by atoms with Gasteiger partial charge in [0.2, 0.25) is 0 Å². The lowest BCUT2D eigenvalue weighted by Gasteiger charge is -2.26. The fourth-order valence-electron chi connectivity index (χ4n) is 2.33. The largest absolute Gasteiger partial charge is 0.455 e. The Bertz CT molecular complexity index is 220. The molecule has 13 heavy (non-hydrogen) atoms. The highest BCUT2D eigenvalue weighted by atomic mass is 16.5. The zero-order chi connectivity index (χ0) is 9.42. The van der Waals surface area contributed by atoms with Gasteiger partial charge in [0.25, 0.3) is 0 Å². The molecule has 0 aromatic carbocycles. The normalized spacial score (nSPS) is 33.5. The number of rotatable bonds is 0. The molecule has 1 amide bonds. The monoisotopic (exact) mass is 183 g/mol. The van der Waals surface area contributed by atoms with Crippen molar-refractivity contribution in [3.05, 3.63) is 7.05 Å². The average molecular weight is 183 g/mol. The summed E-state index contributed by atoms with van der Waals surface area (Å²) in [5.41, 5.74) is 0. The number of ether oxygens (including phenoxy) is 1. The van der Waals surface area contributed by atoms with Gasteiger partial charge >= 0.3 is 6.09 Å². The molecule has 0 N–H and O–H groups in total. The predicted molar refractivity (Wildman–Crippen MR) is 47.9 cm³/mol. The Morgan fingerprint density at radius 2 is 2.31 bits per heavy atom. The number of likely N-dealkylation sites (tertiary alicyclic amines) is 2. The minimum absolute atomic E-state index is 0.206. The van der Waals surface area contributed by atoms with E-state index in [2.05, 4.69) is 16.7 Å². The van der Waals surface area contributed by atoms with Crippen LogP contribution in [-0.2, 0) is 4.74 Å². The van der Waals surface area contributed by atoms with Gasteiger partial charge in [0.1, 0.15) is 0 Å². The van der Waals surface area contributed by atoms with E-state index in [0.717, 1.165) is 26.1 Å². The number of fused-ring (bicyclic) bond motifs is 1. The van der Waals surface area contributed by atoms with Crippen molar-refractivity contribution < 1.29 is 9.53 Å². The van der Waals surface area contributed by atoms with Crippen molar-refractivity contribution in [1.29, 1.82) is 0 Å². The van der Waals surface area contributed by atoms with Gasteiger partial charge < -0.3 is 14.5 Å². The Morgan fingerprint density at radius 1 is 1.54 bits per heavy atom. The number of hydrogen-bond acceptors (Lipinski definition) is 3. The van der Waals surface area contributed by atoms with E-state index in [1.54, 1.807) is 4.90 Å². The van der Waals surface area contributed by atoms with Gasteiger partial charge in [0, 0.05) is 19.1 Å². The fraction of sp³-hybridized carbons (Fsp3) is 0.778. The van der Waals surface area contributed by atoms with Crippen molar-refractivity contribution in [2.45, 2.75) is 12.5 Å². The first kappa shape index (κ1) is 8.81. The maximum absolute atomic E-state index is 11.2. The first-order chi connectivity index (χ1) is 6.22. The molecule has 2 heterocycles. The lowest BCUT2D eigenvalue weighted by Crippen LogP contribution is -2.34. The molecule has 0 unspecified atom stereocenters. The molecule has 0 radical (unpaired) electrons. The summed E-state index contributed by atoms with van der Waals surface area (Å²) in [7, 11) is 5.38. The first-order valence-corrected chi connectivity index (χ1v) is 4.62. The lowest BCUT2D eigenvalue weighted by molar-refractivity contribution is 0.128. The summed E-state index contributed by atoms with van der Waals surface area (Å²) >= 11 is 0. The predicted octanol–water partition coefficient (Wildman–Crippen LogP) is 0.550. The highest BCUT2D eigenvalue weighted by Crippen LogP contribution is 2.30. The molecule has 0 aliphatic carbocycles. The first-order valence-electron chi connectivity index (χ1n) is 4.62. The van der Waals surface area contributed by atoms with Crippen molar-refractivity contribution in [2.24, 2.45) is 5.92 Å². The van der Waals surface area contributed by atoms with Gasteiger partial charge in [-0.15, -0.1) is 0 Å². The van der Waals surface area contributed by atoms with Gasteiger partial charge in [-0.2, -0.15) is 0 Å². The van der Waals surface area contributed by atoms with Crippen LogP contribution in [0.5, 0.6) is 0 Å². The standard InChI is InChI=1S/C9H15N2O2/c1-10-4-3-7-5-11(6-8(7)10)9(12)13-2/h7-8H,1,3-6H2,2H3/q-1/t7-,8+/m0/s1. The van der Waals surface area contributed by atoms with Crippen LogP contribution in [0.4, 0.5) is 4.79 Å². The Morgan fingerprint density at radius 3 is 2.92 bits per heavy atom. The molecule has 0 bridgehead atoms. The van der Waals surface area contributed by atoms with E-state index in [1.807, 2.05) is 0 Å². The molecule has 2 aliphatic heterocycles. The Labute approximate surface area is 78.4 Å². The van der Waals surface area contributed by atoms with Crippen molar-refractivity contribution >= 4 is 6.09 Å². The molecule has 2 aliphatic rings. The highest BCUT2D eigenvalue weighted by molar-refractivity contribution is 5.68. The van der Waals surface area contributed by atoms with Gasteiger partial charge in [-0.05, 0) is 18.9 Å². The van der Waals surface area contributed by atoms with E-state index in [-0.39, 0.29) is 6.09 Å². The lowest BCUT2D eigenvalue weighted by atomic mass is 10.1. The third kappa shape index (κ3) is 1.39. The van der Waals surface area contributed by atoms with Crippen molar-refractivity contribution in [1.82, 2.24) is 9.80 Å². The molecule has 4 nitrogen and oxygen atoms in total. The molecule has 4 heteroatoms. The molecule has 2 rings (SSSR count). The molecule has 0 aromatic heterocycles. The quantitative estimate of drug-likeness (QED) is 0.514. The minimum atomic E-state index is -0.206. The van der Waals surface area contributed by atoms with Crippen LogP contribution in [-0.4, -0.2) is 48.7 Å². The number of amides is 1. The van der Waals surface area contributed by atoms with Gasteiger partial charge in [-0.25, -0.2) is 4.79 Å². The van der Waals surface area contributed by atoms with E-state index < -0.39 is 0 Å². The van der Waals surface area contributed by atoms with E-state index in [0.29, 0.717) is 12.0 Å². The number of carbonyl (C=O) groups is 1. The summed E-state index contributed by atoms with van der Waals surface area (Å²) < 4.78 is 4.68. The summed E-state index contributed by atoms with van der Waals surface area (Å²) in [6.07, 6.45) is 0.949. The molecule has 2 fully saturated rings. The van der Waals surface area contributed by atoms with Crippen LogP contribution in [0.3, 0.4) is 0 Å². The van der Waals surface area contributed by atoms with Crippen LogP contribution in [0.25, 0.3) is 0 Å². The van der Waals surface area contributed by atoms with E-state index in [1.165, 1.54) is 7.11 Å². The van der Waals surface area contributed by atoms with E-state index in [9.17, 15) is 4.79 Å². The fourth-order valence-corrected chi connectivity index (χ4v) is 2.33. The SMILES string of the molecule is [CH2-]N1CC[C@H]2CN(C(=O)OC)C[C@H]21. The molecular weight excluding hydrogens is 168 g/mol. The van der Waals surface area contributed by atoms with Crippen LogP contribution in [0.2, 0.25) is 0 Å². The zero-order valence-electron chi connectivity index (χ0n) is 7.90. The molecule has 0 spiro atoms. The molecule has 0 aromatic rings. The number of hydrogen-bond donors (Lipinski definition) is 0. The van der Waals surface area contributed by atoms with Gasteiger partial charge in [0.05, 0.1) is 7.11 Å². The van der Waals surface area contributed by atoms with Crippen molar-refractivity contribution in [3.8, 4) is 0 Å². The number of carbonyl (C=O) groups excluding carboxylic acids is 1. The second-order valence-electron chi connectivity index (χ2n) is 3.80. The van der Waals surface area contributed by atoms with Crippen LogP contribution < -0.4 is 0 Å². The summed E-state index contributed by atoms with van der Waals surface area (Å²) in [6.45, 7) is 2.68. The molecule has 0 saturated carbocycles. The Hall–Kier alpha value is -0.770. The topological polar surface area (TPSA) is 32.8 Å². The number of methoxy groups -OCH3 is 1. The van der Waals surface area contributed by atoms with Crippen LogP contribution in [0.1, 0.15) is 6.42 Å². The smallest absolute Gasteiger partial charge is 0.409 e. The average Bonchev–Trinajstić information content (AvgIpc) is 2.67. The maximum atomic E-state index is 11.2. The highest BCUT2D eigenvalue weighted by Gasteiger charge is 2.39. The molecule has 74 valence electrons. The summed E-state index contributed by atoms with van der Waals surface area (Å²) in [5, 5.41) is 0. The van der Waals surface area contributed by atoms with Crippen molar-refractivity contribution in [2.75, 3.05) is 26.7 Å². The summed E-state index contributed by atoms with van der Waals surface area (Å²) in [5.74, 6) is 0.608. The van der Waals surface area contributed by atoms with E-state index in [4.69, 9.17) is 0 Å². The van der Waals surface area contributed by atoms with Crippen LogP contribution in [0.15, 0.2) is 0 Å². The Balaban J connectivity index is 1.98. The maximum Gasteiger partial charge on any atom is 0.409 e. The second kappa shape index (κ2) is 3.18. The molecule has 2 atom stereocenters. The summed E-state index contributed by atoms with van der Waals surface area (Å²) in [4.78, 5) is 15.1. The van der Waals surface area contributed by atoms with Gasteiger partial charge in [-0.3, -0.25) is 7.05 Å². The third-order valence-electron chi connectivity index (χ3n) is 3.10. The molecule has 2 saturated heterocycles. The number of nitrogens with zero attached hydrogens (tertiary/aromatic N) is 2. The second-order valence-corrected chi connectivity index (χ2v) is 3.80. The van der Waals surface area contributed by atoms with Crippen molar-refractivity contribution in [3.63, 3.8) is 0 Å². The molecular formula is C9H15N2O2-. The third-order valence-corrected chi connectivity index (χ3v) is 3.10. The van der Waals surface area contributed by atoms with Gasteiger partial charge in [-0.1, -0.05) is 0 Å². The van der Waals surface area contributed by atoms with E-state index >= 15 is 0 Å². The van der Waals surface area contributed by atoms with Crippen LogP contribution in [0, 0.1) is 13.0 Å². The van der Waals surface area contributed by atoms with Crippen LogP contribution >= 0.6 is 0 Å². The minimum Gasteiger partial charge on any atom is -0.455 e. The Kier molecular flexibility index (Phi) is 2.15.